The van der Waals surface area contributed by atoms with Crippen molar-refractivity contribution in [1.29, 1.82) is 0 Å². The molecule has 78 valence electrons. The molecule has 0 aliphatic heterocycles. The second kappa shape index (κ2) is 4.51. The molecule has 0 saturated heterocycles. The van der Waals surface area contributed by atoms with Gasteiger partial charge in [-0.15, -0.1) is 11.3 Å². The fraction of sp³-hybridized carbons (Fsp3) is 0.273. The van der Waals surface area contributed by atoms with Crippen LogP contribution in [-0.4, -0.2) is 17.0 Å². The van der Waals surface area contributed by atoms with Crippen LogP contribution in [-0.2, 0) is 0 Å². The molecule has 2 rings (SSSR count). The van der Waals surface area contributed by atoms with Crippen LogP contribution in [0, 0.1) is 6.92 Å². The molecule has 0 amide bonds. The van der Waals surface area contributed by atoms with Gasteiger partial charge in [-0.05, 0) is 31.0 Å². The van der Waals surface area contributed by atoms with E-state index >= 15 is 0 Å². The molecule has 1 N–H and O–H groups in total. The average molecular weight is 219 g/mol. The highest BCUT2D eigenvalue weighted by atomic mass is 32.1. The van der Waals surface area contributed by atoms with Crippen LogP contribution in [0.4, 0.5) is 0 Å². The van der Waals surface area contributed by atoms with E-state index in [9.17, 15) is 0 Å². The van der Waals surface area contributed by atoms with Gasteiger partial charge in [0.25, 0.3) is 0 Å². The van der Waals surface area contributed by atoms with Crippen molar-refractivity contribution in [3.05, 3.63) is 46.2 Å². The zero-order valence-corrected chi connectivity index (χ0v) is 9.58. The van der Waals surface area contributed by atoms with Gasteiger partial charge in [0, 0.05) is 22.8 Å². The summed E-state index contributed by atoms with van der Waals surface area (Å²) in [4.78, 5) is 9.40. The molecule has 1 atom stereocenters. The molecular weight excluding hydrogens is 206 g/mol. The molecule has 1 unspecified atom stereocenters. The van der Waals surface area contributed by atoms with Crippen molar-refractivity contribution in [2.75, 3.05) is 7.05 Å². The Morgan fingerprint density at radius 1 is 1.27 bits per heavy atom. The molecule has 0 aliphatic carbocycles. The van der Waals surface area contributed by atoms with Gasteiger partial charge in [-0.1, -0.05) is 0 Å². The molecular formula is C11H13N3S. The zero-order valence-electron chi connectivity index (χ0n) is 8.77. The lowest BCUT2D eigenvalue weighted by molar-refractivity contribution is 0.687. The SMILES string of the molecule is CNC(c1cncnc1)c1csc(C)c1. The third-order valence-corrected chi connectivity index (χ3v) is 3.17. The van der Waals surface area contributed by atoms with Crippen LogP contribution in [0.2, 0.25) is 0 Å². The number of hydrogen-bond acceptors (Lipinski definition) is 4. The summed E-state index contributed by atoms with van der Waals surface area (Å²) in [5, 5.41) is 5.44. The van der Waals surface area contributed by atoms with E-state index in [-0.39, 0.29) is 6.04 Å². The minimum atomic E-state index is 0.191. The van der Waals surface area contributed by atoms with Gasteiger partial charge in [0.05, 0.1) is 6.04 Å². The Hall–Kier alpha value is -1.26. The Morgan fingerprint density at radius 3 is 2.53 bits per heavy atom. The smallest absolute Gasteiger partial charge is 0.115 e. The van der Waals surface area contributed by atoms with Crippen LogP contribution in [0.25, 0.3) is 0 Å². The Balaban J connectivity index is 2.33. The molecule has 0 radical (unpaired) electrons. The third kappa shape index (κ3) is 2.22. The normalized spacial score (nSPS) is 12.7. The molecule has 0 spiro atoms. The first kappa shape index (κ1) is 10.3. The lowest BCUT2D eigenvalue weighted by Crippen LogP contribution is -2.17. The number of aromatic nitrogens is 2. The van der Waals surface area contributed by atoms with Crippen molar-refractivity contribution in [3.8, 4) is 0 Å². The molecule has 2 heterocycles. The van der Waals surface area contributed by atoms with Gasteiger partial charge in [-0.25, -0.2) is 9.97 Å². The minimum absolute atomic E-state index is 0.191. The maximum absolute atomic E-state index is 4.04. The highest BCUT2D eigenvalue weighted by Gasteiger charge is 2.13. The van der Waals surface area contributed by atoms with E-state index in [0.717, 1.165) is 5.56 Å². The fourth-order valence-electron chi connectivity index (χ4n) is 1.60. The lowest BCUT2D eigenvalue weighted by atomic mass is 10.0. The number of rotatable bonds is 3. The van der Waals surface area contributed by atoms with Gasteiger partial charge in [0.15, 0.2) is 0 Å². The quantitative estimate of drug-likeness (QED) is 0.859. The van der Waals surface area contributed by atoms with Crippen LogP contribution >= 0.6 is 11.3 Å². The van der Waals surface area contributed by atoms with E-state index in [0.29, 0.717) is 0 Å². The van der Waals surface area contributed by atoms with Crippen molar-refractivity contribution in [2.45, 2.75) is 13.0 Å². The summed E-state index contributed by atoms with van der Waals surface area (Å²) in [5.74, 6) is 0. The molecule has 15 heavy (non-hydrogen) atoms. The van der Waals surface area contributed by atoms with E-state index in [4.69, 9.17) is 0 Å². The summed E-state index contributed by atoms with van der Waals surface area (Å²) in [5.41, 5.74) is 2.37. The summed E-state index contributed by atoms with van der Waals surface area (Å²) in [7, 11) is 1.95. The zero-order chi connectivity index (χ0) is 10.7. The number of thiophene rings is 1. The first-order valence-corrected chi connectivity index (χ1v) is 5.66. The Morgan fingerprint density at radius 2 is 2.00 bits per heavy atom. The molecule has 0 saturated carbocycles. The first-order chi connectivity index (χ1) is 7.31. The maximum atomic E-state index is 4.04. The van der Waals surface area contributed by atoms with Gasteiger partial charge < -0.3 is 5.32 Å². The monoisotopic (exact) mass is 219 g/mol. The second-order valence-corrected chi connectivity index (χ2v) is 4.50. The highest BCUT2D eigenvalue weighted by molar-refractivity contribution is 7.10. The molecule has 2 aromatic rings. The van der Waals surface area contributed by atoms with Crippen LogP contribution in [0.1, 0.15) is 22.0 Å². The predicted molar refractivity (Wildman–Crippen MR) is 62.0 cm³/mol. The van der Waals surface area contributed by atoms with Gasteiger partial charge in [0.1, 0.15) is 6.33 Å². The largest absolute Gasteiger partial charge is 0.309 e. The topological polar surface area (TPSA) is 37.8 Å². The molecule has 3 nitrogen and oxygen atoms in total. The highest BCUT2D eigenvalue weighted by Crippen LogP contribution is 2.24. The van der Waals surface area contributed by atoms with Gasteiger partial charge >= 0.3 is 0 Å². The van der Waals surface area contributed by atoms with Crippen LogP contribution in [0.5, 0.6) is 0 Å². The van der Waals surface area contributed by atoms with Gasteiger partial charge in [-0.2, -0.15) is 0 Å². The fourth-order valence-corrected chi connectivity index (χ4v) is 2.33. The van der Waals surface area contributed by atoms with E-state index in [1.807, 2.05) is 19.4 Å². The van der Waals surface area contributed by atoms with Crippen molar-refractivity contribution in [3.63, 3.8) is 0 Å². The standard InChI is InChI=1S/C11H13N3S/c1-8-3-9(6-15-8)11(12-2)10-4-13-7-14-5-10/h3-7,11-12H,1-2H3. The summed E-state index contributed by atoms with van der Waals surface area (Å²) >= 11 is 1.76. The number of hydrogen-bond donors (Lipinski definition) is 1. The Labute approximate surface area is 93.2 Å². The van der Waals surface area contributed by atoms with E-state index in [1.165, 1.54) is 10.4 Å². The third-order valence-electron chi connectivity index (χ3n) is 2.29. The van der Waals surface area contributed by atoms with Crippen molar-refractivity contribution in [1.82, 2.24) is 15.3 Å². The lowest BCUT2D eigenvalue weighted by Gasteiger charge is -2.13. The summed E-state index contributed by atoms with van der Waals surface area (Å²) in [6.07, 6.45) is 5.25. The predicted octanol–water partition coefficient (Wildman–Crippen LogP) is 2.16. The van der Waals surface area contributed by atoms with Crippen LogP contribution < -0.4 is 5.32 Å². The molecule has 2 aromatic heterocycles. The Kier molecular flexibility index (Phi) is 3.08. The molecule has 0 bridgehead atoms. The minimum Gasteiger partial charge on any atom is -0.309 e. The van der Waals surface area contributed by atoms with Crippen molar-refractivity contribution < 1.29 is 0 Å². The molecule has 0 aliphatic rings. The molecule has 4 heteroatoms. The second-order valence-electron chi connectivity index (χ2n) is 3.38. The molecule has 0 fully saturated rings. The van der Waals surface area contributed by atoms with Gasteiger partial charge in [0.2, 0.25) is 0 Å². The van der Waals surface area contributed by atoms with E-state index in [1.54, 1.807) is 17.7 Å². The Bertz CT molecular complexity index is 424. The van der Waals surface area contributed by atoms with Crippen LogP contribution in [0.15, 0.2) is 30.2 Å². The summed E-state index contributed by atoms with van der Waals surface area (Å²) < 4.78 is 0. The number of nitrogens with zero attached hydrogens (tertiary/aromatic N) is 2. The van der Waals surface area contributed by atoms with E-state index in [2.05, 4.69) is 33.7 Å². The van der Waals surface area contributed by atoms with Crippen molar-refractivity contribution in [2.24, 2.45) is 0 Å². The van der Waals surface area contributed by atoms with E-state index < -0.39 is 0 Å². The maximum Gasteiger partial charge on any atom is 0.115 e. The summed E-state index contributed by atoms with van der Waals surface area (Å²) in [6, 6.07) is 2.38. The average Bonchev–Trinajstić information content (AvgIpc) is 2.68. The number of aryl methyl sites for hydroxylation is 1. The number of nitrogens with one attached hydrogen (secondary N) is 1. The molecule has 0 aromatic carbocycles. The first-order valence-electron chi connectivity index (χ1n) is 4.78. The van der Waals surface area contributed by atoms with Gasteiger partial charge in [-0.3, -0.25) is 0 Å². The van der Waals surface area contributed by atoms with Crippen molar-refractivity contribution >= 4 is 11.3 Å². The van der Waals surface area contributed by atoms with Crippen LogP contribution in [0.3, 0.4) is 0 Å². The summed E-state index contributed by atoms with van der Waals surface area (Å²) in [6.45, 7) is 2.11.